The number of benzene rings is 1. The van der Waals surface area contributed by atoms with Crippen LogP contribution in [-0.2, 0) is 9.53 Å². The van der Waals surface area contributed by atoms with E-state index in [2.05, 4.69) is 9.73 Å². The number of carbonyl (C=O) groups is 1. The standard InChI is InChI=1S/C14H15N3O2/c1-17(2)13(11-7-5-4-6-8-11)10-16-12(9-15)14(18)19-3/h4-8,10H,1-3H3/b13-10-,16-12?. The van der Waals surface area contributed by atoms with E-state index in [1.165, 1.54) is 13.3 Å². The van der Waals surface area contributed by atoms with Gasteiger partial charge in [-0.1, -0.05) is 30.3 Å². The highest BCUT2D eigenvalue weighted by molar-refractivity contribution is 6.43. The summed E-state index contributed by atoms with van der Waals surface area (Å²) in [4.78, 5) is 17.0. The number of nitrogens with zero attached hydrogens (tertiary/aromatic N) is 3. The number of hydrogen-bond acceptors (Lipinski definition) is 5. The smallest absolute Gasteiger partial charge is 0.367 e. The van der Waals surface area contributed by atoms with Gasteiger partial charge in [-0.15, -0.1) is 0 Å². The molecule has 0 unspecified atom stereocenters. The summed E-state index contributed by atoms with van der Waals surface area (Å²) in [6.07, 6.45) is 1.48. The van der Waals surface area contributed by atoms with Crippen molar-refractivity contribution >= 4 is 17.4 Å². The fraction of sp³-hybridized carbons (Fsp3) is 0.214. The molecule has 0 spiro atoms. The summed E-state index contributed by atoms with van der Waals surface area (Å²) in [6.45, 7) is 0. The number of methoxy groups -OCH3 is 1. The predicted molar refractivity (Wildman–Crippen MR) is 73.2 cm³/mol. The minimum Gasteiger partial charge on any atom is -0.464 e. The zero-order valence-electron chi connectivity index (χ0n) is 11.1. The number of aliphatic imine (C=N–C) groups is 1. The first-order valence-electron chi connectivity index (χ1n) is 5.59. The lowest BCUT2D eigenvalue weighted by molar-refractivity contribution is -0.132. The molecule has 1 aromatic rings. The van der Waals surface area contributed by atoms with Gasteiger partial charge in [0.2, 0.25) is 5.71 Å². The van der Waals surface area contributed by atoms with Crippen LogP contribution in [0.1, 0.15) is 5.56 Å². The summed E-state index contributed by atoms with van der Waals surface area (Å²) >= 11 is 0. The maximum atomic E-state index is 11.2. The topological polar surface area (TPSA) is 65.7 Å². The fourth-order valence-corrected chi connectivity index (χ4v) is 1.41. The van der Waals surface area contributed by atoms with Gasteiger partial charge in [0, 0.05) is 14.1 Å². The Morgan fingerprint density at radius 3 is 2.47 bits per heavy atom. The molecule has 0 aliphatic rings. The average Bonchev–Trinajstić information content (AvgIpc) is 2.43. The molecule has 0 bridgehead atoms. The molecule has 5 heteroatoms. The lowest BCUT2D eigenvalue weighted by atomic mass is 10.1. The van der Waals surface area contributed by atoms with E-state index in [4.69, 9.17) is 5.26 Å². The van der Waals surface area contributed by atoms with E-state index in [9.17, 15) is 4.79 Å². The van der Waals surface area contributed by atoms with Crippen LogP contribution in [0.15, 0.2) is 41.5 Å². The average molecular weight is 257 g/mol. The van der Waals surface area contributed by atoms with Gasteiger partial charge in [0.05, 0.1) is 19.0 Å². The summed E-state index contributed by atoms with van der Waals surface area (Å²) in [5, 5.41) is 8.83. The third-order valence-electron chi connectivity index (χ3n) is 2.35. The van der Waals surface area contributed by atoms with E-state index in [0.29, 0.717) is 0 Å². The van der Waals surface area contributed by atoms with Crippen molar-refractivity contribution in [1.29, 1.82) is 5.26 Å². The SMILES string of the molecule is COC(=O)C(C#N)=N/C=C(/c1ccccc1)N(C)C. The van der Waals surface area contributed by atoms with Gasteiger partial charge in [-0.2, -0.15) is 5.26 Å². The highest BCUT2D eigenvalue weighted by atomic mass is 16.5. The first kappa shape index (κ1) is 14.5. The van der Waals surface area contributed by atoms with Crippen LogP contribution in [0.4, 0.5) is 0 Å². The molecule has 0 saturated heterocycles. The summed E-state index contributed by atoms with van der Waals surface area (Å²) < 4.78 is 4.47. The van der Waals surface area contributed by atoms with Crippen molar-refractivity contribution in [3.8, 4) is 6.07 Å². The third kappa shape index (κ3) is 3.96. The molecule has 0 amide bonds. The predicted octanol–water partition coefficient (Wildman–Crippen LogP) is 1.68. The van der Waals surface area contributed by atoms with E-state index < -0.39 is 5.97 Å². The Kier molecular flexibility index (Phi) is 5.30. The van der Waals surface area contributed by atoms with Crippen LogP contribution >= 0.6 is 0 Å². The molecule has 0 saturated carbocycles. The number of esters is 1. The highest BCUT2D eigenvalue weighted by Crippen LogP contribution is 2.16. The Bertz CT molecular complexity index is 540. The number of carbonyl (C=O) groups excluding carboxylic acids is 1. The van der Waals surface area contributed by atoms with Gasteiger partial charge in [-0.25, -0.2) is 9.79 Å². The molecular weight excluding hydrogens is 242 g/mol. The zero-order valence-corrected chi connectivity index (χ0v) is 11.1. The molecule has 5 nitrogen and oxygen atoms in total. The number of ether oxygens (including phenoxy) is 1. The molecule has 0 N–H and O–H groups in total. The van der Waals surface area contributed by atoms with Crippen molar-refractivity contribution in [2.75, 3.05) is 21.2 Å². The molecule has 98 valence electrons. The van der Waals surface area contributed by atoms with E-state index in [-0.39, 0.29) is 5.71 Å². The molecule has 0 aliphatic carbocycles. The van der Waals surface area contributed by atoms with Gasteiger partial charge in [0.15, 0.2) is 0 Å². The van der Waals surface area contributed by atoms with Gasteiger partial charge in [0.1, 0.15) is 6.07 Å². The molecule has 0 atom stereocenters. The Morgan fingerprint density at radius 2 is 2.00 bits per heavy atom. The molecule has 0 aromatic heterocycles. The molecule has 0 radical (unpaired) electrons. The minimum atomic E-state index is -0.745. The number of rotatable bonds is 4. The van der Waals surface area contributed by atoms with Crippen molar-refractivity contribution < 1.29 is 9.53 Å². The lowest BCUT2D eigenvalue weighted by Crippen LogP contribution is -2.14. The molecule has 0 aliphatic heterocycles. The molecule has 1 rings (SSSR count). The fourth-order valence-electron chi connectivity index (χ4n) is 1.41. The van der Waals surface area contributed by atoms with E-state index in [1.807, 2.05) is 49.3 Å². The van der Waals surface area contributed by atoms with Gasteiger partial charge < -0.3 is 9.64 Å². The maximum absolute atomic E-state index is 11.2. The van der Waals surface area contributed by atoms with Crippen molar-refractivity contribution in [3.05, 3.63) is 42.1 Å². The van der Waals surface area contributed by atoms with Crippen LogP contribution in [0.3, 0.4) is 0 Å². The molecule has 1 aromatic carbocycles. The summed E-state index contributed by atoms with van der Waals surface area (Å²) in [6, 6.07) is 11.3. The van der Waals surface area contributed by atoms with Gasteiger partial charge in [-0.3, -0.25) is 0 Å². The highest BCUT2D eigenvalue weighted by Gasteiger charge is 2.10. The van der Waals surface area contributed by atoms with Crippen LogP contribution in [0.25, 0.3) is 5.70 Å². The molecular formula is C14H15N3O2. The Balaban J connectivity index is 3.14. The van der Waals surface area contributed by atoms with Crippen LogP contribution in [0, 0.1) is 11.3 Å². The molecule has 0 fully saturated rings. The van der Waals surface area contributed by atoms with E-state index in [1.54, 1.807) is 6.07 Å². The van der Waals surface area contributed by atoms with Gasteiger partial charge in [0.25, 0.3) is 0 Å². The largest absolute Gasteiger partial charge is 0.464 e. The van der Waals surface area contributed by atoms with Crippen molar-refractivity contribution in [3.63, 3.8) is 0 Å². The second-order valence-electron chi connectivity index (χ2n) is 3.86. The first-order chi connectivity index (χ1) is 9.10. The first-order valence-corrected chi connectivity index (χ1v) is 5.59. The second kappa shape index (κ2) is 6.97. The number of hydrogen-bond donors (Lipinski definition) is 0. The molecule has 19 heavy (non-hydrogen) atoms. The van der Waals surface area contributed by atoms with Crippen LogP contribution in [0.5, 0.6) is 0 Å². The minimum absolute atomic E-state index is 0.280. The van der Waals surface area contributed by atoms with Gasteiger partial charge >= 0.3 is 5.97 Å². The summed E-state index contributed by atoms with van der Waals surface area (Å²) in [5.74, 6) is -0.745. The van der Waals surface area contributed by atoms with E-state index >= 15 is 0 Å². The summed E-state index contributed by atoms with van der Waals surface area (Å²) in [5.41, 5.74) is 1.45. The normalized spacial score (nSPS) is 11.7. The quantitative estimate of drug-likeness (QED) is 0.608. The monoisotopic (exact) mass is 257 g/mol. The Labute approximate surface area is 112 Å². The van der Waals surface area contributed by atoms with Crippen LogP contribution < -0.4 is 0 Å². The van der Waals surface area contributed by atoms with Crippen LogP contribution in [0.2, 0.25) is 0 Å². The van der Waals surface area contributed by atoms with Crippen molar-refractivity contribution in [1.82, 2.24) is 4.90 Å². The van der Waals surface area contributed by atoms with E-state index in [0.717, 1.165) is 11.3 Å². The lowest BCUT2D eigenvalue weighted by Gasteiger charge is -2.16. The number of nitriles is 1. The third-order valence-corrected chi connectivity index (χ3v) is 2.35. The zero-order chi connectivity index (χ0) is 14.3. The molecule has 0 heterocycles. The van der Waals surface area contributed by atoms with Gasteiger partial charge in [-0.05, 0) is 5.56 Å². The maximum Gasteiger partial charge on any atom is 0.367 e. The Hall–Kier alpha value is -2.61. The van der Waals surface area contributed by atoms with Crippen molar-refractivity contribution in [2.24, 2.45) is 4.99 Å². The summed E-state index contributed by atoms with van der Waals surface area (Å²) in [7, 11) is 4.93. The van der Waals surface area contributed by atoms with Crippen LogP contribution in [-0.4, -0.2) is 37.8 Å². The second-order valence-corrected chi connectivity index (χ2v) is 3.86. The Morgan fingerprint density at radius 1 is 1.37 bits per heavy atom. The van der Waals surface area contributed by atoms with Crippen molar-refractivity contribution in [2.45, 2.75) is 0 Å².